The molecular formula is C17H31N3O. The number of nitrogens with two attached hydrogens (primary N) is 1. The van der Waals surface area contributed by atoms with E-state index in [0.717, 1.165) is 31.4 Å². The maximum Gasteiger partial charge on any atom is 0.0914 e. The van der Waals surface area contributed by atoms with E-state index in [4.69, 9.17) is 10.5 Å². The third-order valence-corrected chi connectivity index (χ3v) is 4.93. The highest BCUT2D eigenvalue weighted by Gasteiger charge is 2.34. The molecule has 0 saturated heterocycles. The topological polar surface area (TPSA) is 53.1 Å². The van der Waals surface area contributed by atoms with E-state index in [1.807, 2.05) is 0 Å². The standard InChI is InChI=1S/C17H31N3O/c1-4-16(5-2)20-10-8-15(19-20)12-21-17(13-18)9-6-7-14(3)11-17/h8,10,14,16H,4-7,9,11-13,18H2,1-3H3. The molecule has 1 heterocycles. The van der Waals surface area contributed by atoms with Crippen molar-refractivity contribution in [2.75, 3.05) is 6.54 Å². The normalized spacial score (nSPS) is 26.4. The van der Waals surface area contributed by atoms with Crippen LogP contribution in [0.5, 0.6) is 0 Å². The van der Waals surface area contributed by atoms with Crippen LogP contribution < -0.4 is 5.73 Å². The molecule has 0 aromatic carbocycles. The van der Waals surface area contributed by atoms with Crippen LogP contribution in [0.15, 0.2) is 12.3 Å². The summed E-state index contributed by atoms with van der Waals surface area (Å²) in [7, 11) is 0. The Kier molecular flexibility index (Phi) is 5.82. The quantitative estimate of drug-likeness (QED) is 0.834. The van der Waals surface area contributed by atoms with Crippen molar-refractivity contribution in [1.82, 2.24) is 9.78 Å². The molecule has 0 spiro atoms. The van der Waals surface area contributed by atoms with E-state index < -0.39 is 0 Å². The predicted molar refractivity (Wildman–Crippen MR) is 86.1 cm³/mol. The lowest BCUT2D eigenvalue weighted by Crippen LogP contribution is -2.44. The summed E-state index contributed by atoms with van der Waals surface area (Å²) >= 11 is 0. The maximum atomic E-state index is 6.24. The van der Waals surface area contributed by atoms with Crippen LogP contribution in [0.3, 0.4) is 0 Å². The van der Waals surface area contributed by atoms with Gasteiger partial charge in [-0.1, -0.05) is 33.6 Å². The Bertz CT molecular complexity index is 427. The van der Waals surface area contributed by atoms with Gasteiger partial charge in [0.25, 0.3) is 0 Å². The van der Waals surface area contributed by atoms with E-state index >= 15 is 0 Å². The molecule has 21 heavy (non-hydrogen) atoms. The lowest BCUT2D eigenvalue weighted by molar-refractivity contribution is -0.0851. The fraction of sp³-hybridized carbons (Fsp3) is 0.824. The molecular weight excluding hydrogens is 262 g/mol. The van der Waals surface area contributed by atoms with Crippen molar-refractivity contribution in [1.29, 1.82) is 0 Å². The van der Waals surface area contributed by atoms with Gasteiger partial charge in [-0.3, -0.25) is 4.68 Å². The first-order valence-electron chi connectivity index (χ1n) is 8.50. The summed E-state index contributed by atoms with van der Waals surface area (Å²) in [5.74, 6) is 0.712. The number of rotatable bonds is 7. The molecule has 0 amide bonds. The monoisotopic (exact) mass is 293 g/mol. The molecule has 4 nitrogen and oxygen atoms in total. The Hall–Kier alpha value is -0.870. The molecule has 0 radical (unpaired) electrons. The molecule has 1 aliphatic rings. The first-order valence-corrected chi connectivity index (χ1v) is 8.50. The molecule has 2 unspecified atom stereocenters. The molecule has 1 saturated carbocycles. The number of hydrogen-bond acceptors (Lipinski definition) is 3. The largest absolute Gasteiger partial charge is 0.367 e. The lowest BCUT2D eigenvalue weighted by Gasteiger charge is -2.39. The van der Waals surface area contributed by atoms with E-state index in [1.54, 1.807) is 0 Å². The van der Waals surface area contributed by atoms with Crippen LogP contribution in [-0.2, 0) is 11.3 Å². The zero-order valence-corrected chi connectivity index (χ0v) is 13.8. The van der Waals surface area contributed by atoms with Crippen LogP contribution in [0.4, 0.5) is 0 Å². The lowest BCUT2D eigenvalue weighted by atomic mass is 9.79. The SMILES string of the molecule is CCC(CC)n1ccc(COC2(CN)CCCC(C)C2)n1. The molecule has 1 aromatic heterocycles. The van der Waals surface area contributed by atoms with Gasteiger partial charge in [0.1, 0.15) is 0 Å². The minimum absolute atomic E-state index is 0.129. The summed E-state index contributed by atoms with van der Waals surface area (Å²) in [4.78, 5) is 0. The second kappa shape index (κ2) is 7.41. The number of ether oxygens (including phenoxy) is 1. The molecule has 0 bridgehead atoms. The van der Waals surface area contributed by atoms with Gasteiger partial charge in [0.2, 0.25) is 0 Å². The summed E-state index contributed by atoms with van der Waals surface area (Å²) in [6.45, 7) is 7.91. The predicted octanol–water partition coefficient (Wildman–Crippen LogP) is 3.67. The average molecular weight is 293 g/mol. The highest BCUT2D eigenvalue weighted by atomic mass is 16.5. The molecule has 4 heteroatoms. The highest BCUT2D eigenvalue weighted by Crippen LogP contribution is 2.35. The van der Waals surface area contributed by atoms with Crippen molar-refractivity contribution in [2.45, 2.75) is 77.5 Å². The zero-order chi connectivity index (χ0) is 15.3. The molecule has 2 atom stereocenters. The minimum atomic E-state index is -0.129. The summed E-state index contributed by atoms with van der Waals surface area (Å²) in [5.41, 5.74) is 6.90. The molecule has 2 rings (SSSR count). The maximum absolute atomic E-state index is 6.24. The van der Waals surface area contributed by atoms with Gasteiger partial charge in [0, 0.05) is 12.7 Å². The van der Waals surface area contributed by atoms with E-state index in [1.165, 1.54) is 12.8 Å². The highest BCUT2D eigenvalue weighted by molar-refractivity contribution is 4.99. The van der Waals surface area contributed by atoms with Crippen LogP contribution in [0.2, 0.25) is 0 Å². The van der Waals surface area contributed by atoms with Crippen LogP contribution in [0, 0.1) is 5.92 Å². The fourth-order valence-electron chi connectivity index (χ4n) is 3.53. The summed E-state index contributed by atoms with van der Waals surface area (Å²) in [6, 6.07) is 2.58. The van der Waals surface area contributed by atoms with E-state index in [0.29, 0.717) is 25.1 Å². The molecule has 2 N–H and O–H groups in total. The number of nitrogens with zero attached hydrogens (tertiary/aromatic N) is 2. The van der Waals surface area contributed by atoms with Crippen molar-refractivity contribution in [3.8, 4) is 0 Å². The van der Waals surface area contributed by atoms with E-state index in [2.05, 4.69) is 42.8 Å². The third-order valence-electron chi connectivity index (χ3n) is 4.93. The first kappa shape index (κ1) is 16.5. The Morgan fingerprint density at radius 2 is 2.24 bits per heavy atom. The Balaban J connectivity index is 1.95. The first-order chi connectivity index (χ1) is 10.1. The van der Waals surface area contributed by atoms with E-state index in [9.17, 15) is 0 Å². The van der Waals surface area contributed by atoms with Crippen molar-refractivity contribution < 1.29 is 4.74 Å². The third kappa shape index (κ3) is 4.07. The molecule has 120 valence electrons. The second-order valence-electron chi connectivity index (χ2n) is 6.63. The van der Waals surface area contributed by atoms with Gasteiger partial charge < -0.3 is 10.5 Å². The van der Waals surface area contributed by atoms with Gasteiger partial charge in [-0.2, -0.15) is 5.10 Å². The second-order valence-corrected chi connectivity index (χ2v) is 6.63. The van der Waals surface area contributed by atoms with Gasteiger partial charge >= 0.3 is 0 Å². The Morgan fingerprint density at radius 1 is 1.48 bits per heavy atom. The summed E-state index contributed by atoms with van der Waals surface area (Å²) < 4.78 is 8.32. The van der Waals surface area contributed by atoms with Gasteiger partial charge in [0.15, 0.2) is 0 Å². The molecule has 1 aliphatic carbocycles. The van der Waals surface area contributed by atoms with Crippen LogP contribution in [0.25, 0.3) is 0 Å². The zero-order valence-electron chi connectivity index (χ0n) is 13.8. The smallest absolute Gasteiger partial charge is 0.0914 e. The van der Waals surface area contributed by atoms with Crippen LogP contribution >= 0.6 is 0 Å². The Morgan fingerprint density at radius 3 is 2.86 bits per heavy atom. The molecule has 1 aromatic rings. The minimum Gasteiger partial charge on any atom is -0.367 e. The van der Waals surface area contributed by atoms with Crippen molar-refractivity contribution in [3.05, 3.63) is 18.0 Å². The van der Waals surface area contributed by atoms with Gasteiger partial charge in [0.05, 0.1) is 23.9 Å². The number of aromatic nitrogens is 2. The summed E-state index contributed by atoms with van der Waals surface area (Å²) in [5, 5.41) is 4.67. The van der Waals surface area contributed by atoms with Gasteiger partial charge in [-0.15, -0.1) is 0 Å². The van der Waals surface area contributed by atoms with Gasteiger partial charge in [-0.05, 0) is 37.7 Å². The number of hydrogen-bond donors (Lipinski definition) is 1. The summed E-state index contributed by atoms with van der Waals surface area (Å²) in [6.07, 6.45) is 8.99. The van der Waals surface area contributed by atoms with E-state index in [-0.39, 0.29) is 5.60 Å². The molecule has 1 fully saturated rings. The average Bonchev–Trinajstić information content (AvgIpc) is 2.95. The van der Waals surface area contributed by atoms with Crippen molar-refractivity contribution in [2.24, 2.45) is 11.7 Å². The van der Waals surface area contributed by atoms with Crippen molar-refractivity contribution >= 4 is 0 Å². The Labute approximate surface area is 129 Å². The van der Waals surface area contributed by atoms with Gasteiger partial charge in [-0.25, -0.2) is 0 Å². The van der Waals surface area contributed by atoms with Crippen LogP contribution in [-0.4, -0.2) is 21.9 Å². The van der Waals surface area contributed by atoms with Crippen LogP contribution in [0.1, 0.15) is 71.0 Å². The molecule has 0 aliphatic heterocycles. The van der Waals surface area contributed by atoms with Crippen molar-refractivity contribution in [3.63, 3.8) is 0 Å². The fourth-order valence-corrected chi connectivity index (χ4v) is 3.53.